The Labute approximate surface area is 121 Å². The highest BCUT2D eigenvalue weighted by molar-refractivity contribution is 5.83. The van der Waals surface area contributed by atoms with Crippen LogP contribution in [0.4, 0.5) is 0 Å². The smallest absolute Gasteiger partial charge is 0.226 e. The van der Waals surface area contributed by atoms with Crippen LogP contribution in [0.5, 0.6) is 0 Å². The quantitative estimate of drug-likeness (QED) is 0.832. The number of hydrogen-bond donors (Lipinski definition) is 2. The van der Waals surface area contributed by atoms with Crippen LogP contribution in [0.1, 0.15) is 57.8 Å². The van der Waals surface area contributed by atoms with Gasteiger partial charge in [0, 0.05) is 12.0 Å². The van der Waals surface area contributed by atoms with E-state index in [0.29, 0.717) is 11.8 Å². The minimum atomic E-state index is -0.128. The van der Waals surface area contributed by atoms with Gasteiger partial charge in [-0.1, -0.05) is 0 Å². The predicted octanol–water partition coefficient (Wildman–Crippen LogP) is 2.48. The second-order valence-electron chi connectivity index (χ2n) is 8.24. The molecule has 1 amide bonds. The second kappa shape index (κ2) is 4.72. The molecule has 0 aromatic carbocycles. The Morgan fingerprint density at radius 1 is 1.00 bits per heavy atom. The summed E-state index contributed by atoms with van der Waals surface area (Å²) in [5, 5.41) is 12.8. The van der Waals surface area contributed by atoms with Crippen LogP contribution in [0.25, 0.3) is 0 Å². The average Bonchev–Trinajstić information content (AvgIpc) is 2.80. The maximum absolute atomic E-state index is 12.8. The van der Waals surface area contributed by atoms with Crippen LogP contribution in [-0.2, 0) is 4.79 Å². The molecule has 5 fully saturated rings. The van der Waals surface area contributed by atoms with E-state index in [0.717, 1.165) is 62.8 Å². The van der Waals surface area contributed by atoms with Crippen molar-refractivity contribution in [1.29, 1.82) is 0 Å². The third kappa shape index (κ3) is 2.18. The first kappa shape index (κ1) is 13.1. The number of carbonyl (C=O) groups excluding carboxylic acids is 1. The Bertz CT molecular complexity index is 371. The lowest BCUT2D eigenvalue weighted by atomic mass is 9.49. The number of hydrogen-bond acceptors (Lipinski definition) is 2. The van der Waals surface area contributed by atoms with Gasteiger partial charge in [0.15, 0.2) is 0 Å². The molecule has 2 N–H and O–H groups in total. The summed E-state index contributed by atoms with van der Waals surface area (Å²) in [5.41, 5.74) is -0.00797. The van der Waals surface area contributed by atoms with Gasteiger partial charge >= 0.3 is 0 Å². The van der Waals surface area contributed by atoms with Gasteiger partial charge in [-0.05, 0) is 81.5 Å². The monoisotopic (exact) mass is 277 g/mol. The minimum Gasteiger partial charge on any atom is -0.393 e. The van der Waals surface area contributed by atoms with Crippen LogP contribution in [0, 0.1) is 29.1 Å². The molecule has 3 nitrogen and oxygen atoms in total. The fourth-order valence-corrected chi connectivity index (χ4v) is 6.05. The van der Waals surface area contributed by atoms with Crippen LogP contribution in [-0.4, -0.2) is 23.7 Å². The summed E-state index contributed by atoms with van der Waals surface area (Å²) in [6.07, 6.45) is 10.4. The van der Waals surface area contributed by atoms with Crippen molar-refractivity contribution in [2.75, 3.05) is 6.54 Å². The highest BCUT2D eigenvalue weighted by atomic mass is 16.3. The van der Waals surface area contributed by atoms with Gasteiger partial charge in [-0.2, -0.15) is 0 Å². The van der Waals surface area contributed by atoms with Crippen LogP contribution < -0.4 is 5.32 Å². The minimum absolute atomic E-state index is 0.00797. The van der Waals surface area contributed by atoms with Crippen molar-refractivity contribution in [1.82, 2.24) is 5.32 Å². The Kier molecular flexibility index (Phi) is 3.10. The molecule has 0 aliphatic heterocycles. The summed E-state index contributed by atoms with van der Waals surface area (Å²) < 4.78 is 0. The van der Waals surface area contributed by atoms with Crippen molar-refractivity contribution in [3.05, 3.63) is 0 Å². The Morgan fingerprint density at radius 2 is 1.60 bits per heavy atom. The van der Waals surface area contributed by atoms with E-state index in [-0.39, 0.29) is 11.5 Å². The Hall–Kier alpha value is -0.570. The van der Waals surface area contributed by atoms with Crippen LogP contribution in [0.2, 0.25) is 0 Å². The molecule has 4 bridgehead atoms. The molecule has 5 aliphatic carbocycles. The number of carbonyl (C=O) groups is 1. The van der Waals surface area contributed by atoms with Gasteiger partial charge in [0.05, 0.1) is 6.10 Å². The van der Waals surface area contributed by atoms with Crippen molar-refractivity contribution >= 4 is 5.91 Å². The van der Waals surface area contributed by atoms with Crippen molar-refractivity contribution in [2.45, 2.75) is 63.9 Å². The molecule has 0 saturated heterocycles. The Balaban J connectivity index is 1.38. The first-order valence-corrected chi connectivity index (χ1v) is 8.59. The lowest BCUT2D eigenvalue weighted by Gasteiger charge is -2.55. The van der Waals surface area contributed by atoms with Crippen LogP contribution in [0.15, 0.2) is 0 Å². The molecule has 0 radical (unpaired) electrons. The molecule has 112 valence electrons. The topological polar surface area (TPSA) is 49.3 Å². The maximum Gasteiger partial charge on any atom is 0.226 e. The molecule has 0 aromatic heterocycles. The third-order valence-electron chi connectivity index (χ3n) is 6.58. The molecule has 5 rings (SSSR count). The molecule has 2 atom stereocenters. The van der Waals surface area contributed by atoms with Crippen LogP contribution >= 0.6 is 0 Å². The van der Waals surface area contributed by atoms with E-state index < -0.39 is 0 Å². The number of aliphatic hydroxyl groups excluding tert-OH is 1. The summed E-state index contributed by atoms with van der Waals surface area (Å²) >= 11 is 0. The zero-order valence-corrected chi connectivity index (χ0v) is 12.3. The summed E-state index contributed by atoms with van der Waals surface area (Å²) in [5.74, 6) is 3.35. The molecule has 0 spiro atoms. The lowest BCUT2D eigenvalue weighted by molar-refractivity contribution is -0.146. The van der Waals surface area contributed by atoms with Gasteiger partial charge in [0.1, 0.15) is 0 Å². The van der Waals surface area contributed by atoms with E-state index in [9.17, 15) is 9.90 Å². The Morgan fingerprint density at radius 3 is 2.10 bits per heavy atom. The zero-order chi connectivity index (χ0) is 13.7. The standard InChI is InChI=1S/C17H27NO2/c19-15-2-1-11(6-15)10-18-16(20)17-7-12-3-13(8-17)5-14(4-12)9-17/h11-15,19H,1-10H2,(H,18,20). The molecule has 20 heavy (non-hydrogen) atoms. The second-order valence-corrected chi connectivity index (χ2v) is 8.24. The summed E-state index contributed by atoms with van der Waals surface area (Å²) in [4.78, 5) is 12.8. The molecule has 5 saturated carbocycles. The van der Waals surface area contributed by atoms with E-state index in [4.69, 9.17) is 0 Å². The van der Waals surface area contributed by atoms with E-state index in [2.05, 4.69) is 5.32 Å². The number of amides is 1. The highest BCUT2D eigenvalue weighted by Gasteiger charge is 2.54. The molecule has 0 heterocycles. The third-order valence-corrected chi connectivity index (χ3v) is 6.58. The first-order valence-electron chi connectivity index (χ1n) is 8.59. The van der Waals surface area contributed by atoms with Crippen molar-refractivity contribution in [3.8, 4) is 0 Å². The van der Waals surface area contributed by atoms with Crippen molar-refractivity contribution in [2.24, 2.45) is 29.1 Å². The number of rotatable bonds is 3. The van der Waals surface area contributed by atoms with Gasteiger partial charge in [-0.25, -0.2) is 0 Å². The van der Waals surface area contributed by atoms with E-state index in [1.165, 1.54) is 19.3 Å². The number of nitrogens with one attached hydrogen (secondary N) is 1. The largest absolute Gasteiger partial charge is 0.393 e. The zero-order valence-electron chi connectivity index (χ0n) is 12.3. The van der Waals surface area contributed by atoms with Gasteiger partial charge < -0.3 is 10.4 Å². The predicted molar refractivity (Wildman–Crippen MR) is 77.0 cm³/mol. The normalized spacial score (nSPS) is 49.5. The lowest BCUT2D eigenvalue weighted by Crippen LogP contribution is -2.54. The average molecular weight is 277 g/mol. The fourth-order valence-electron chi connectivity index (χ4n) is 6.05. The fraction of sp³-hybridized carbons (Fsp3) is 0.941. The molecular weight excluding hydrogens is 250 g/mol. The molecular formula is C17H27NO2. The van der Waals surface area contributed by atoms with Crippen molar-refractivity contribution in [3.63, 3.8) is 0 Å². The van der Waals surface area contributed by atoms with Gasteiger partial charge in [0.2, 0.25) is 5.91 Å². The molecule has 5 aliphatic rings. The molecule has 2 unspecified atom stereocenters. The van der Waals surface area contributed by atoms with Crippen molar-refractivity contribution < 1.29 is 9.90 Å². The number of aliphatic hydroxyl groups is 1. The van der Waals surface area contributed by atoms with E-state index >= 15 is 0 Å². The van der Waals surface area contributed by atoms with E-state index in [1.807, 2.05) is 0 Å². The molecule has 0 aromatic rings. The first-order chi connectivity index (χ1) is 9.63. The van der Waals surface area contributed by atoms with Crippen LogP contribution in [0.3, 0.4) is 0 Å². The highest BCUT2D eigenvalue weighted by Crippen LogP contribution is 2.60. The van der Waals surface area contributed by atoms with Gasteiger partial charge in [-0.15, -0.1) is 0 Å². The summed E-state index contributed by atoms with van der Waals surface area (Å²) in [6, 6.07) is 0. The maximum atomic E-state index is 12.8. The summed E-state index contributed by atoms with van der Waals surface area (Å²) in [6.45, 7) is 0.789. The SMILES string of the molecule is O=C(NCC1CCC(O)C1)C12CC3CC(CC(C3)C1)C2. The van der Waals surface area contributed by atoms with Gasteiger partial charge in [0.25, 0.3) is 0 Å². The van der Waals surface area contributed by atoms with E-state index in [1.54, 1.807) is 0 Å². The van der Waals surface area contributed by atoms with Gasteiger partial charge in [-0.3, -0.25) is 4.79 Å². The summed E-state index contributed by atoms with van der Waals surface area (Å²) in [7, 11) is 0. The molecule has 3 heteroatoms.